The van der Waals surface area contributed by atoms with Gasteiger partial charge in [0.15, 0.2) is 29.1 Å². The molecule has 2 rings (SSSR count). The normalized spacial score (nSPS) is 11.0. The molecule has 0 radical (unpaired) electrons. The van der Waals surface area contributed by atoms with Gasteiger partial charge in [-0.1, -0.05) is 6.92 Å². The third-order valence-corrected chi connectivity index (χ3v) is 2.85. The minimum absolute atomic E-state index is 0.0971. The Bertz CT molecular complexity index is 584. The average molecular weight is 284 g/mol. The van der Waals surface area contributed by atoms with Gasteiger partial charge in [-0.25, -0.2) is 18.2 Å². The van der Waals surface area contributed by atoms with Crippen LogP contribution in [-0.4, -0.2) is 18.1 Å². The maximum absolute atomic E-state index is 13.6. The molecule has 1 N–H and O–H groups in total. The Morgan fingerprint density at radius 3 is 2.75 bits per heavy atom. The molecule has 0 bridgehead atoms. The second kappa shape index (κ2) is 6.56. The maximum Gasteiger partial charge on any atom is 0.195 e. The highest BCUT2D eigenvalue weighted by atomic mass is 19.2. The van der Waals surface area contributed by atoms with Crippen molar-refractivity contribution in [2.45, 2.75) is 19.8 Å². The average Bonchev–Trinajstić information content (AvgIpc) is 2.90. The third-order valence-electron chi connectivity index (χ3n) is 2.85. The lowest BCUT2D eigenvalue weighted by atomic mass is 10.1. The van der Waals surface area contributed by atoms with Crippen LogP contribution in [0, 0.1) is 17.5 Å². The summed E-state index contributed by atoms with van der Waals surface area (Å²) in [6, 6.07) is 2.00. The van der Waals surface area contributed by atoms with Crippen LogP contribution in [-0.2, 0) is 6.42 Å². The van der Waals surface area contributed by atoms with Crippen LogP contribution in [0.5, 0.6) is 0 Å². The van der Waals surface area contributed by atoms with E-state index in [1.165, 1.54) is 6.20 Å². The van der Waals surface area contributed by atoms with Crippen molar-refractivity contribution in [2.75, 3.05) is 13.1 Å². The molecule has 0 aliphatic heterocycles. The zero-order chi connectivity index (χ0) is 14.5. The van der Waals surface area contributed by atoms with Crippen LogP contribution < -0.4 is 5.32 Å². The first kappa shape index (κ1) is 14.6. The summed E-state index contributed by atoms with van der Waals surface area (Å²) in [6.07, 6.45) is 2.74. The first-order valence-electron chi connectivity index (χ1n) is 6.42. The summed E-state index contributed by atoms with van der Waals surface area (Å²) >= 11 is 0. The Balaban J connectivity index is 2.11. The molecule has 20 heavy (non-hydrogen) atoms. The van der Waals surface area contributed by atoms with Crippen LogP contribution in [0.2, 0.25) is 0 Å². The summed E-state index contributed by atoms with van der Waals surface area (Å²) in [5.74, 6) is -3.45. The number of aromatic nitrogens is 1. The zero-order valence-corrected chi connectivity index (χ0v) is 11.0. The van der Waals surface area contributed by atoms with Crippen LogP contribution in [0.25, 0.3) is 11.3 Å². The molecule has 3 nitrogen and oxygen atoms in total. The summed E-state index contributed by atoms with van der Waals surface area (Å²) in [4.78, 5) is 4.01. The van der Waals surface area contributed by atoms with Crippen molar-refractivity contribution >= 4 is 0 Å². The molecule has 0 amide bonds. The molecule has 0 spiro atoms. The Hall–Kier alpha value is -1.82. The number of hydrogen-bond donors (Lipinski definition) is 1. The number of aryl methyl sites for hydroxylation is 1. The van der Waals surface area contributed by atoms with Gasteiger partial charge in [-0.15, -0.1) is 0 Å². The van der Waals surface area contributed by atoms with Gasteiger partial charge in [0.2, 0.25) is 0 Å². The van der Waals surface area contributed by atoms with E-state index in [4.69, 9.17) is 4.42 Å². The zero-order valence-electron chi connectivity index (χ0n) is 11.0. The lowest BCUT2D eigenvalue weighted by Gasteiger charge is -2.01. The number of nitrogens with zero attached hydrogens (tertiary/aromatic N) is 1. The molecular formula is C14H15F3N2O. The van der Waals surface area contributed by atoms with E-state index in [-0.39, 0.29) is 11.3 Å². The smallest absolute Gasteiger partial charge is 0.195 e. The lowest BCUT2D eigenvalue weighted by molar-refractivity contribution is 0.443. The molecule has 0 saturated carbocycles. The molecule has 0 unspecified atom stereocenters. The minimum Gasteiger partial charge on any atom is -0.441 e. The fourth-order valence-electron chi connectivity index (χ4n) is 1.81. The highest BCUT2D eigenvalue weighted by Crippen LogP contribution is 2.26. The SMILES string of the molecule is CCNCCCc1ncc(-c2ccc(F)c(F)c2F)o1. The van der Waals surface area contributed by atoms with Crippen LogP contribution in [0.3, 0.4) is 0 Å². The summed E-state index contributed by atoms with van der Waals surface area (Å²) in [5, 5.41) is 3.16. The predicted molar refractivity (Wildman–Crippen MR) is 68.7 cm³/mol. The molecule has 0 atom stereocenters. The molecule has 0 aliphatic carbocycles. The van der Waals surface area contributed by atoms with Gasteiger partial charge in [-0.05, 0) is 31.6 Å². The van der Waals surface area contributed by atoms with E-state index in [9.17, 15) is 13.2 Å². The van der Waals surface area contributed by atoms with Gasteiger partial charge in [0, 0.05) is 6.42 Å². The van der Waals surface area contributed by atoms with Crippen LogP contribution in [0.1, 0.15) is 19.2 Å². The van der Waals surface area contributed by atoms with Crippen molar-refractivity contribution < 1.29 is 17.6 Å². The number of rotatable bonds is 6. The topological polar surface area (TPSA) is 38.1 Å². The summed E-state index contributed by atoms with van der Waals surface area (Å²) in [7, 11) is 0. The standard InChI is InChI=1S/C14H15F3N2O/c1-2-18-7-3-4-12-19-8-11(20-12)9-5-6-10(15)14(17)13(9)16/h5-6,8,18H,2-4,7H2,1H3. The quantitative estimate of drug-likeness (QED) is 0.653. The van der Waals surface area contributed by atoms with Gasteiger partial charge < -0.3 is 9.73 Å². The highest BCUT2D eigenvalue weighted by molar-refractivity contribution is 5.57. The third kappa shape index (κ3) is 3.19. The van der Waals surface area contributed by atoms with Crippen molar-refractivity contribution in [1.82, 2.24) is 10.3 Å². The minimum atomic E-state index is -1.51. The van der Waals surface area contributed by atoms with E-state index < -0.39 is 17.5 Å². The van der Waals surface area contributed by atoms with E-state index in [1.807, 2.05) is 6.92 Å². The van der Waals surface area contributed by atoms with E-state index in [1.54, 1.807) is 0 Å². The Morgan fingerprint density at radius 2 is 2.00 bits per heavy atom. The fraction of sp³-hybridized carbons (Fsp3) is 0.357. The fourth-order valence-corrected chi connectivity index (χ4v) is 1.81. The number of oxazole rings is 1. The first-order valence-corrected chi connectivity index (χ1v) is 6.42. The van der Waals surface area contributed by atoms with Crippen molar-refractivity contribution in [1.29, 1.82) is 0 Å². The molecule has 1 aromatic carbocycles. The van der Waals surface area contributed by atoms with E-state index in [0.717, 1.165) is 31.6 Å². The van der Waals surface area contributed by atoms with Crippen LogP contribution in [0.4, 0.5) is 13.2 Å². The molecular weight excluding hydrogens is 269 g/mol. The van der Waals surface area contributed by atoms with Crippen molar-refractivity contribution in [3.05, 3.63) is 41.7 Å². The summed E-state index contributed by atoms with van der Waals surface area (Å²) in [5.41, 5.74) is -0.130. The van der Waals surface area contributed by atoms with Crippen molar-refractivity contribution in [3.8, 4) is 11.3 Å². The molecule has 0 aliphatic rings. The van der Waals surface area contributed by atoms with E-state index in [0.29, 0.717) is 12.3 Å². The molecule has 1 aromatic heterocycles. The lowest BCUT2D eigenvalue weighted by Crippen LogP contribution is -2.14. The van der Waals surface area contributed by atoms with Crippen LogP contribution in [0.15, 0.2) is 22.7 Å². The Kier molecular flexibility index (Phi) is 4.79. The molecule has 0 saturated heterocycles. The van der Waals surface area contributed by atoms with Gasteiger partial charge in [-0.2, -0.15) is 0 Å². The van der Waals surface area contributed by atoms with Crippen molar-refractivity contribution in [3.63, 3.8) is 0 Å². The highest BCUT2D eigenvalue weighted by Gasteiger charge is 2.17. The monoisotopic (exact) mass is 284 g/mol. The number of halogens is 3. The van der Waals surface area contributed by atoms with E-state index in [2.05, 4.69) is 10.3 Å². The number of benzene rings is 1. The maximum atomic E-state index is 13.6. The number of hydrogen-bond acceptors (Lipinski definition) is 3. The van der Waals surface area contributed by atoms with Gasteiger partial charge >= 0.3 is 0 Å². The Labute approximate surface area is 114 Å². The summed E-state index contributed by atoms with van der Waals surface area (Å²) < 4.78 is 45.0. The molecule has 1 heterocycles. The predicted octanol–water partition coefficient (Wildman–Crippen LogP) is 3.30. The summed E-state index contributed by atoms with van der Waals surface area (Å²) in [6.45, 7) is 3.72. The second-order valence-electron chi connectivity index (χ2n) is 4.30. The van der Waals surface area contributed by atoms with Gasteiger partial charge in [0.25, 0.3) is 0 Å². The second-order valence-corrected chi connectivity index (χ2v) is 4.30. The largest absolute Gasteiger partial charge is 0.441 e. The van der Waals surface area contributed by atoms with Crippen LogP contribution >= 0.6 is 0 Å². The Morgan fingerprint density at radius 1 is 1.20 bits per heavy atom. The molecule has 2 aromatic rings. The molecule has 0 fully saturated rings. The van der Waals surface area contributed by atoms with Gasteiger partial charge in [0.1, 0.15) is 0 Å². The number of nitrogens with one attached hydrogen (secondary N) is 1. The first-order chi connectivity index (χ1) is 9.63. The van der Waals surface area contributed by atoms with Gasteiger partial charge in [-0.3, -0.25) is 0 Å². The molecule has 108 valence electrons. The van der Waals surface area contributed by atoms with Crippen molar-refractivity contribution in [2.24, 2.45) is 0 Å². The molecule has 6 heteroatoms. The van der Waals surface area contributed by atoms with Gasteiger partial charge in [0.05, 0.1) is 11.8 Å². The van der Waals surface area contributed by atoms with E-state index >= 15 is 0 Å².